The van der Waals surface area contributed by atoms with Crippen LogP contribution in [0.25, 0.3) is 11.5 Å². The predicted molar refractivity (Wildman–Crippen MR) is 61.9 cm³/mol. The normalized spacial score (nSPS) is 10.8. The van der Waals surface area contributed by atoms with Gasteiger partial charge in [-0.3, -0.25) is 0 Å². The minimum atomic E-state index is -0.928. The molecule has 2 rings (SSSR count). The Balaban J connectivity index is 2.11. The van der Waals surface area contributed by atoms with Gasteiger partial charge in [0.05, 0.1) is 0 Å². The number of nitrogens with zero attached hydrogens (tertiary/aromatic N) is 2. The van der Waals surface area contributed by atoms with Gasteiger partial charge in [0.2, 0.25) is 11.8 Å². The summed E-state index contributed by atoms with van der Waals surface area (Å²) in [5, 5.41) is 10.7. The van der Waals surface area contributed by atoms with E-state index < -0.39 is 11.6 Å². The van der Waals surface area contributed by atoms with Gasteiger partial charge in [-0.1, -0.05) is 0 Å². The Kier molecular flexibility index (Phi) is 3.99. The molecule has 0 amide bonds. The van der Waals surface area contributed by atoms with Crippen LogP contribution in [-0.4, -0.2) is 23.8 Å². The molecule has 96 valence electrons. The molecule has 0 atom stereocenters. The number of aromatic nitrogens is 2. The van der Waals surface area contributed by atoms with E-state index in [4.69, 9.17) is 4.42 Å². The van der Waals surface area contributed by atoms with E-state index in [1.165, 1.54) is 6.07 Å². The lowest BCUT2D eigenvalue weighted by Crippen LogP contribution is -2.08. The van der Waals surface area contributed by atoms with E-state index in [9.17, 15) is 8.78 Å². The maximum absolute atomic E-state index is 13.0. The number of halogens is 2. The molecule has 6 heteroatoms. The summed E-state index contributed by atoms with van der Waals surface area (Å²) < 4.78 is 31.2. The highest BCUT2D eigenvalue weighted by atomic mass is 19.2. The molecule has 1 aromatic carbocycles. The van der Waals surface area contributed by atoms with Gasteiger partial charge in [0.25, 0.3) is 0 Å². The summed E-state index contributed by atoms with van der Waals surface area (Å²) >= 11 is 0. The van der Waals surface area contributed by atoms with Crippen LogP contribution in [0.4, 0.5) is 8.78 Å². The number of hydrogen-bond acceptors (Lipinski definition) is 4. The summed E-state index contributed by atoms with van der Waals surface area (Å²) in [6.45, 7) is 0.850. The number of hydrogen-bond donors (Lipinski definition) is 1. The van der Waals surface area contributed by atoms with Crippen molar-refractivity contribution in [3.05, 3.63) is 35.7 Å². The molecule has 0 spiro atoms. The first-order valence-corrected chi connectivity index (χ1v) is 5.63. The third-order valence-corrected chi connectivity index (χ3v) is 2.45. The fourth-order valence-corrected chi connectivity index (χ4v) is 1.52. The topological polar surface area (TPSA) is 51.0 Å². The third-order valence-electron chi connectivity index (χ3n) is 2.45. The molecular weight excluding hydrogens is 240 g/mol. The summed E-state index contributed by atoms with van der Waals surface area (Å²) in [4.78, 5) is 0. The van der Waals surface area contributed by atoms with E-state index in [1.54, 1.807) is 0 Å². The predicted octanol–water partition coefficient (Wildman–Crippen LogP) is 2.17. The van der Waals surface area contributed by atoms with Gasteiger partial charge in [0, 0.05) is 12.0 Å². The van der Waals surface area contributed by atoms with E-state index in [-0.39, 0.29) is 5.89 Å². The Morgan fingerprint density at radius 1 is 1.22 bits per heavy atom. The van der Waals surface area contributed by atoms with Gasteiger partial charge >= 0.3 is 0 Å². The average molecular weight is 253 g/mol. The van der Waals surface area contributed by atoms with Crippen LogP contribution in [0.1, 0.15) is 12.3 Å². The number of nitrogens with one attached hydrogen (secondary N) is 1. The van der Waals surface area contributed by atoms with Gasteiger partial charge in [0.1, 0.15) is 0 Å². The minimum Gasteiger partial charge on any atom is -0.421 e. The van der Waals surface area contributed by atoms with Crippen LogP contribution in [-0.2, 0) is 6.42 Å². The van der Waals surface area contributed by atoms with Crippen molar-refractivity contribution in [3.63, 3.8) is 0 Å². The average Bonchev–Trinajstić information content (AvgIpc) is 2.82. The highest BCUT2D eigenvalue weighted by Crippen LogP contribution is 2.20. The molecule has 0 bridgehead atoms. The molecular formula is C12H13F2N3O. The van der Waals surface area contributed by atoms with Gasteiger partial charge < -0.3 is 9.73 Å². The second-order valence-electron chi connectivity index (χ2n) is 3.84. The zero-order valence-electron chi connectivity index (χ0n) is 9.91. The summed E-state index contributed by atoms with van der Waals surface area (Å²) in [5.74, 6) is -1.13. The fraction of sp³-hybridized carbons (Fsp3) is 0.333. The van der Waals surface area contributed by atoms with Crippen LogP contribution in [0.2, 0.25) is 0 Å². The van der Waals surface area contributed by atoms with Crippen LogP contribution in [0.5, 0.6) is 0 Å². The lowest BCUT2D eigenvalue weighted by molar-refractivity contribution is 0.491. The summed E-state index contributed by atoms with van der Waals surface area (Å²) in [5.41, 5.74) is 0.376. The molecule has 0 saturated carbocycles. The molecule has 1 aromatic heterocycles. The quantitative estimate of drug-likeness (QED) is 0.830. The van der Waals surface area contributed by atoms with Crippen molar-refractivity contribution >= 4 is 0 Å². The second-order valence-corrected chi connectivity index (χ2v) is 3.84. The Labute approximate surface area is 103 Å². The number of aryl methyl sites for hydroxylation is 1. The van der Waals surface area contributed by atoms with E-state index in [2.05, 4.69) is 15.5 Å². The summed E-state index contributed by atoms with van der Waals surface area (Å²) in [6, 6.07) is 3.49. The smallest absolute Gasteiger partial charge is 0.247 e. The molecule has 1 N–H and O–H groups in total. The van der Waals surface area contributed by atoms with Crippen molar-refractivity contribution in [2.45, 2.75) is 12.8 Å². The van der Waals surface area contributed by atoms with Crippen molar-refractivity contribution in [1.29, 1.82) is 0 Å². The molecule has 2 aromatic rings. The van der Waals surface area contributed by atoms with Crippen LogP contribution < -0.4 is 5.32 Å². The number of benzene rings is 1. The maximum atomic E-state index is 13.0. The Bertz CT molecular complexity index is 528. The zero-order chi connectivity index (χ0) is 13.0. The first-order valence-electron chi connectivity index (χ1n) is 5.63. The largest absolute Gasteiger partial charge is 0.421 e. The Morgan fingerprint density at radius 2 is 2.06 bits per heavy atom. The molecule has 0 saturated heterocycles. The standard InChI is InChI=1S/C12H13F2N3O/c1-15-6-2-3-11-16-17-12(18-11)8-4-5-9(13)10(14)7-8/h4-5,7,15H,2-3,6H2,1H3. The first-order chi connectivity index (χ1) is 8.70. The summed E-state index contributed by atoms with van der Waals surface area (Å²) in [6.07, 6.45) is 1.52. The maximum Gasteiger partial charge on any atom is 0.247 e. The van der Waals surface area contributed by atoms with Crippen LogP contribution >= 0.6 is 0 Å². The minimum absolute atomic E-state index is 0.202. The van der Waals surface area contributed by atoms with Crippen LogP contribution in [0.15, 0.2) is 22.6 Å². The van der Waals surface area contributed by atoms with E-state index in [0.29, 0.717) is 17.9 Å². The lowest BCUT2D eigenvalue weighted by Gasteiger charge is -1.96. The SMILES string of the molecule is CNCCCc1nnc(-c2ccc(F)c(F)c2)o1. The Hall–Kier alpha value is -1.82. The van der Waals surface area contributed by atoms with E-state index >= 15 is 0 Å². The zero-order valence-corrected chi connectivity index (χ0v) is 9.91. The van der Waals surface area contributed by atoms with Gasteiger partial charge in [0.15, 0.2) is 11.6 Å². The van der Waals surface area contributed by atoms with Gasteiger partial charge in [-0.25, -0.2) is 8.78 Å². The van der Waals surface area contributed by atoms with Gasteiger partial charge in [-0.05, 0) is 38.2 Å². The Morgan fingerprint density at radius 3 is 2.78 bits per heavy atom. The molecule has 0 aliphatic heterocycles. The molecule has 0 aliphatic rings. The molecule has 4 nitrogen and oxygen atoms in total. The van der Waals surface area contributed by atoms with Gasteiger partial charge in [-0.15, -0.1) is 10.2 Å². The molecule has 0 radical (unpaired) electrons. The van der Waals surface area contributed by atoms with Gasteiger partial charge in [-0.2, -0.15) is 0 Å². The molecule has 0 aliphatic carbocycles. The second kappa shape index (κ2) is 5.68. The highest BCUT2D eigenvalue weighted by Gasteiger charge is 2.11. The first kappa shape index (κ1) is 12.6. The number of rotatable bonds is 5. The van der Waals surface area contributed by atoms with Crippen molar-refractivity contribution in [2.24, 2.45) is 0 Å². The van der Waals surface area contributed by atoms with Crippen LogP contribution in [0, 0.1) is 11.6 Å². The van der Waals surface area contributed by atoms with E-state index in [0.717, 1.165) is 25.1 Å². The van der Waals surface area contributed by atoms with Crippen molar-refractivity contribution in [1.82, 2.24) is 15.5 Å². The van der Waals surface area contributed by atoms with Crippen molar-refractivity contribution < 1.29 is 13.2 Å². The lowest BCUT2D eigenvalue weighted by atomic mass is 10.2. The van der Waals surface area contributed by atoms with Crippen molar-refractivity contribution in [3.8, 4) is 11.5 Å². The summed E-state index contributed by atoms with van der Waals surface area (Å²) in [7, 11) is 1.86. The van der Waals surface area contributed by atoms with Crippen molar-refractivity contribution in [2.75, 3.05) is 13.6 Å². The molecule has 0 unspecified atom stereocenters. The van der Waals surface area contributed by atoms with E-state index in [1.807, 2.05) is 7.05 Å². The monoisotopic (exact) mass is 253 g/mol. The molecule has 0 fully saturated rings. The highest BCUT2D eigenvalue weighted by molar-refractivity contribution is 5.52. The molecule has 1 heterocycles. The van der Waals surface area contributed by atoms with Crippen LogP contribution in [0.3, 0.4) is 0 Å². The molecule has 18 heavy (non-hydrogen) atoms. The fourth-order valence-electron chi connectivity index (χ4n) is 1.52. The third kappa shape index (κ3) is 2.89.